The summed E-state index contributed by atoms with van der Waals surface area (Å²) >= 11 is 6.38. The van der Waals surface area contributed by atoms with Gasteiger partial charge < -0.3 is 18.8 Å². The minimum absolute atomic E-state index is 0.0254. The van der Waals surface area contributed by atoms with Crippen molar-refractivity contribution >= 4 is 22.8 Å². The molecule has 10 nitrogen and oxygen atoms in total. The fourth-order valence-corrected chi connectivity index (χ4v) is 5.92. The molecule has 1 aliphatic heterocycles. The van der Waals surface area contributed by atoms with Crippen molar-refractivity contribution in [3.05, 3.63) is 45.7 Å². The van der Waals surface area contributed by atoms with Crippen LogP contribution in [-0.2, 0) is 11.3 Å². The van der Waals surface area contributed by atoms with Gasteiger partial charge in [0.25, 0.3) is 5.89 Å². The molecular formula is C27H31ClN6O4. The summed E-state index contributed by atoms with van der Waals surface area (Å²) in [7, 11) is 0. The van der Waals surface area contributed by atoms with Gasteiger partial charge in [-0.25, -0.2) is 24.8 Å². The van der Waals surface area contributed by atoms with Crippen LogP contribution in [0.25, 0.3) is 34.1 Å². The highest BCUT2D eigenvalue weighted by atomic mass is 35.5. The van der Waals surface area contributed by atoms with Gasteiger partial charge in [0.15, 0.2) is 5.65 Å². The zero-order chi connectivity index (χ0) is 26.2. The number of aliphatic hydroxyl groups excluding tert-OH is 1. The van der Waals surface area contributed by atoms with Gasteiger partial charge in [0, 0.05) is 30.3 Å². The van der Waals surface area contributed by atoms with E-state index in [0.717, 1.165) is 42.7 Å². The first-order valence-electron chi connectivity index (χ1n) is 13.3. The van der Waals surface area contributed by atoms with E-state index in [1.54, 1.807) is 6.07 Å². The Morgan fingerprint density at radius 2 is 1.92 bits per heavy atom. The number of nitrogens with zero attached hydrogens (tertiary/aromatic N) is 5. The van der Waals surface area contributed by atoms with Crippen LogP contribution in [-0.4, -0.2) is 48.0 Å². The van der Waals surface area contributed by atoms with Crippen LogP contribution in [0.1, 0.15) is 57.4 Å². The molecule has 2 fully saturated rings. The highest BCUT2D eigenvalue weighted by Crippen LogP contribution is 2.38. The van der Waals surface area contributed by atoms with Gasteiger partial charge in [-0.15, -0.1) is 5.10 Å². The monoisotopic (exact) mass is 538 g/mol. The third kappa shape index (κ3) is 5.00. The van der Waals surface area contributed by atoms with Crippen molar-refractivity contribution in [1.29, 1.82) is 0 Å². The third-order valence-electron chi connectivity index (χ3n) is 7.91. The van der Waals surface area contributed by atoms with Crippen LogP contribution in [0.15, 0.2) is 33.5 Å². The molecule has 0 bridgehead atoms. The molecule has 38 heavy (non-hydrogen) atoms. The summed E-state index contributed by atoms with van der Waals surface area (Å²) in [5.41, 5.74) is 2.52. The lowest BCUT2D eigenvalue weighted by Gasteiger charge is -2.30. The minimum Gasteiger partial charge on any atom is -0.385 e. The van der Waals surface area contributed by atoms with Crippen molar-refractivity contribution < 1.29 is 14.3 Å². The van der Waals surface area contributed by atoms with Gasteiger partial charge in [-0.2, -0.15) is 0 Å². The van der Waals surface area contributed by atoms with E-state index in [2.05, 4.69) is 26.7 Å². The van der Waals surface area contributed by atoms with E-state index in [1.165, 1.54) is 12.8 Å². The number of aromatic amines is 1. The molecule has 2 aliphatic rings. The summed E-state index contributed by atoms with van der Waals surface area (Å²) in [4.78, 5) is 26.0. The van der Waals surface area contributed by atoms with Crippen LogP contribution in [0.3, 0.4) is 0 Å². The maximum atomic E-state index is 11.7. The molecule has 1 aliphatic carbocycles. The number of hydrogen-bond acceptors (Lipinski definition) is 8. The maximum absolute atomic E-state index is 11.7. The van der Waals surface area contributed by atoms with Crippen molar-refractivity contribution in [2.45, 2.75) is 58.1 Å². The molecule has 3 aromatic heterocycles. The van der Waals surface area contributed by atoms with Gasteiger partial charge in [-0.1, -0.05) is 43.5 Å². The summed E-state index contributed by atoms with van der Waals surface area (Å²) in [6.45, 7) is 4.27. The van der Waals surface area contributed by atoms with Crippen molar-refractivity contribution in [1.82, 2.24) is 29.7 Å². The first-order chi connectivity index (χ1) is 18.5. The fourth-order valence-electron chi connectivity index (χ4n) is 5.73. The zero-order valence-corrected chi connectivity index (χ0v) is 22.0. The standard InChI is InChI=1S/C27H31ClN6O4/c1-15-5-7-16(8-6-15)14-34-21-20(18-3-2-4-19(28)13-18)29-24(26-32-33-27(36)38-26)30-23(21)31-25(34)22(35)17-9-11-37-12-10-17/h2-4,13,15-17,22,35H,5-12,14H2,1H3,(H,33,36). The van der Waals surface area contributed by atoms with Crippen molar-refractivity contribution in [2.75, 3.05) is 13.2 Å². The van der Waals surface area contributed by atoms with E-state index in [1.807, 2.05) is 18.2 Å². The summed E-state index contributed by atoms with van der Waals surface area (Å²) in [5, 5.41) is 18.4. The van der Waals surface area contributed by atoms with Crippen LogP contribution < -0.4 is 5.76 Å². The Morgan fingerprint density at radius 3 is 2.63 bits per heavy atom. The third-order valence-corrected chi connectivity index (χ3v) is 8.15. The molecule has 1 saturated carbocycles. The first kappa shape index (κ1) is 25.2. The number of benzene rings is 1. The predicted octanol–water partition coefficient (Wildman–Crippen LogP) is 4.78. The Bertz CT molecular complexity index is 1480. The number of ether oxygens (including phenoxy) is 1. The van der Waals surface area contributed by atoms with Gasteiger partial charge in [0.2, 0.25) is 5.82 Å². The van der Waals surface area contributed by atoms with Crippen molar-refractivity contribution in [3.8, 4) is 23.0 Å². The quantitative estimate of drug-likeness (QED) is 0.358. The van der Waals surface area contributed by atoms with Crippen LogP contribution in [0, 0.1) is 17.8 Å². The smallest absolute Gasteiger partial charge is 0.385 e. The largest absolute Gasteiger partial charge is 0.434 e. The summed E-state index contributed by atoms with van der Waals surface area (Å²) in [5.74, 6) is 1.23. The Balaban J connectivity index is 1.55. The van der Waals surface area contributed by atoms with Gasteiger partial charge in [0.1, 0.15) is 23.1 Å². The molecule has 2 N–H and O–H groups in total. The number of nitrogens with one attached hydrogen (secondary N) is 1. The molecule has 1 aromatic carbocycles. The minimum atomic E-state index is -0.769. The molecule has 6 rings (SSSR count). The maximum Gasteiger partial charge on any atom is 0.434 e. The van der Waals surface area contributed by atoms with E-state index in [-0.39, 0.29) is 17.6 Å². The second kappa shape index (κ2) is 10.6. The number of hydrogen-bond donors (Lipinski definition) is 2. The Kier molecular flexibility index (Phi) is 7.03. The van der Waals surface area contributed by atoms with Gasteiger partial charge in [-0.3, -0.25) is 0 Å². The Morgan fingerprint density at radius 1 is 1.13 bits per heavy atom. The van der Waals surface area contributed by atoms with E-state index in [0.29, 0.717) is 47.9 Å². The van der Waals surface area contributed by atoms with E-state index >= 15 is 0 Å². The van der Waals surface area contributed by atoms with Crippen LogP contribution >= 0.6 is 11.6 Å². The molecule has 0 amide bonds. The summed E-state index contributed by atoms with van der Waals surface area (Å²) < 4.78 is 12.8. The highest BCUT2D eigenvalue weighted by molar-refractivity contribution is 6.30. The lowest BCUT2D eigenvalue weighted by molar-refractivity contribution is 0.00228. The SMILES string of the molecule is CC1CCC(Cn2c(C(O)C3CCOCC3)nc3nc(-c4n[nH]c(=O)o4)nc(-c4cccc(Cl)c4)c32)CC1. The zero-order valence-electron chi connectivity index (χ0n) is 21.3. The second-order valence-corrected chi connectivity index (χ2v) is 11.0. The first-order valence-corrected chi connectivity index (χ1v) is 13.7. The molecule has 1 unspecified atom stereocenters. The topological polar surface area (TPSA) is 132 Å². The Labute approximate surface area is 224 Å². The molecular weight excluding hydrogens is 508 g/mol. The molecule has 1 saturated heterocycles. The lowest BCUT2D eigenvalue weighted by Crippen LogP contribution is -2.26. The molecule has 4 heterocycles. The van der Waals surface area contributed by atoms with Crippen molar-refractivity contribution in [2.24, 2.45) is 17.8 Å². The number of halogens is 1. The number of aliphatic hydroxyl groups is 1. The van der Waals surface area contributed by atoms with E-state index in [4.69, 9.17) is 30.7 Å². The molecule has 0 radical (unpaired) electrons. The number of H-pyrrole nitrogens is 1. The van der Waals surface area contributed by atoms with Crippen LogP contribution in [0.5, 0.6) is 0 Å². The Hall–Kier alpha value is -3.08. The second-order valence-electron chi connectivity index (χ2n) is 10.6. The highest BCUT2D eigenvalue weighted by Gasteiger charge is 2.32. The average molecular weight is 539 g/mol. The fraction of sp³-hybridized carbons (Fsp3) is 0.519. The number of aromatic nitrogens is 6. The summed E-state index contributed by atoms with van der Waals surface area (Å²) in [6, 6.07) is 7.42. The van der Waals surface area contributed by atoms with Gasteiger partial charge in [-0.05, 0) is 55.6 Å². The number of fused-ring (bicyclic) bond motifs is 1. The van der Waals surface area contributed by atoms with Crippen LogP contribution in [0.2, 0.25) is 5.02 Å². The van der Waals surface area contributed by atoms with Crippen LogP contribution in [0.4, 0.5) is 0 Å². The summed E-state index contributed by atoms with van der Waals surface area (Å²) in [6.07, 6.45) is 5.39. The lowest BCUT2D eigenvalue weighted by atomic mass is 9.83. The van der Waals surface area contributed by atoms with Crippen molar-refractivity contribution in [3.63, 3.8) is 0 Å². The normalized spacial score (nSPS) is 21.7. The molecule has 200 valence electrons. The molecule has 1 atom stereocenters. The number of rotatable bonds is 6. The molecule has 11 heteroatoms. The van der Waals surface area contributed by atoms with E-state index < -0.39 is 11.9 Å². The van der Waals surface area contributed by atoms with Gasteiger partial charge >= 0.3 is 5.76 Å². The van der Waals surface area contributed by atoms with Gasteiger partial charge in [0.05, 0.1) is 0 Å². The average Bonchev–Trinajstić information content (AvgIpc) is 3.53. The molecule has 0 spiro atoms. The molecule has 4 aromatic rings. The predicted molar refractivity (Wildman–Crippen MR) is 142 cm³/mol. The van der Waals surface area contributed by atoms with E-state index in [9.17, 15) is 9.90 Å². The number of imidazole rings is 1.